The van der Waals surface area contributed by atoms with E-state index < -0.39 is 0 Å². The van der Waals surface area contributed by atoms with Crippen molar-refractivity contribution in [2.45, 2.75) is 25.3 Å². The number of likely N-dealkylation sites (tertiary alicyclic amines) is 1. The molecule has 3 nitrogen and oxygen atoms in total. The van der Waals surface area contributed by atoms with Crippen molar-refractivity contribution in [3.8, 4) is 0 Å². The molecular formula is C16H19Cl2N3. The maximum absolute atomic E-state index is 6.28. The van der Waals surface area contributed by atoms with E-state index in [0.717, 1.165) is 35.2 Å². The van der Waals surface area contributed by atoms with Crippen LogP contribution in [-0.2, 0) is 13.6 Å². The van der Waals surface area contributed by atoms with Gasteiger partial charge < -0.3 is 4.57 Å². The van der Waals surface area contributed by atoms with Gasteiger partial charge in [0.05, 0.1) is 0 Å². The van der Waals surface area contributed by atoms with Crippen molar-refractivity contribution in [1.29, 1.82) is 0 Å². The van der Waals surface area contributed by atoms with Gasteiger partial charge in [0.25, 0.3) is 0 Å². The lowest BCUT2D eigenvalue weighted by Crippen LogP contribution is -2.34. The SMILES string of the molecule is Cn1ccnc1[C@@H]1CCCN(Cc2c(Cl)cccc2Cl)C1. The summed E-state index contributed by atoms with van der Waals surface area (Å²) in [6, 6.07) is 5.70. The largest absolute Gasteiger partial charge is 0.338 e. The third kappa shape index (κ3) is 3.25. The molecule has 1 aromatic carbocycles. The predicted octanol–water partition coefficient (Wildman–Crippen LogP) is 4.11. The van der Waals surface area contributed by atoms with Crippen LogP contribution in [0.15, 0.2) is 30.6 Å². The Morgan fingerprint density at radius 3 is 2.71 bits per heavy atom. The second-order valence-electron chi connectivity index (χ2n) is 5.67. The van der Waals surface area contributed by atoms with E-state index in [1.54, 1.807) is 0 Å². The van der Waals surface area contributed by atoms with E-state index in [1.165, 1.54) is 18.7 Å². The average Bonchev–Trinajstić information content (AvgIpc) is 2.90. The molecule has 1 saturated heterocycles. The number of hydrogen-bond acceptors (Lipinski definition) is 2. The van der Waals surface area contributed by atoms with Gasteiger partial charge in [-0.2, -0.15) is 0 Å². The van der Waals surface area contributed by atoms with Crippen molar-refractivity contribution in [1.82, 2.24) is 14.5 Å². The molecule has 0 amide bonds. The minimum absolute atomic E-state index is 0.486. The molecule has 2 aromatic rings. The van der Waals surface area contributed by atoms with E-state index in [2.05, 4.69) is 21.5 Å². The Bertz CT molecular complexity index is 603. The molecule has 1 aliphatic heterocycles. The molecule has 0 saturated carbocycles. The topological polar surface area (TPSA) is 21.1 Å². The molecule has 5 heteroatoms. The maximum atomic E-state index is 6.28. The number of hydrogen-bond donors (Lipinski definition) is 0. The first kappa shape index (κ1) is 14.9. The number of aryl methyl sites for hydroxylation is 1. The number of benzene rings is 1. The van der Waals surface area contributed by atoms with Crippen molar-refractivity contribution >= 4 is 23.2 Å². The Morgan fingerprint density at radius 1 is 1.29 bits per heavy atom. The highest BCUT2D eigenvalue weighted by molar-refractivity contribution is 6.35. The number of piperidine rings is 1. The molecule has 112 valence electrons. The number of imidazole rings is 1. The van der Waals surface area contributed by atoms with Gasteiger partial charge >= 0.3 is 0 Å². The fourth-order valence-electron chi connectivity index (χ4n) is 3.09. The van der Waals surface area contributed by atoms with Crippen LogP contribution in [0.4, 0.5) is 0 Å². The molecule has 0 unspecified atom stereocenters. The highest BCUT2D eigenvalue weighted by Crippen LogP contribution is 2.30. The summed E-state index contributed by atoms with van der Waals surface area (Å²) in [6.45, 7) is 2.90. The lowest BCUT2D eigenvalue weighted by Gasteiger charge is -2.32. The minimum Gasteiger partial charge on any atom is -0.338 e. The Hall–Kier alpha value is -1.03. The smallest absolute Gasteiger partial charge is 0.112 e. The molecule has 0 aliphatic carbocycles. The number of halogens is 2. The van der Waals surface area contributed by atoms with Crippen molar-refractivity contribution < 1.29 is 0 Å². The maximum Gasteiger partial charge on any atom is 0.112 e. The second kappa shape index (κ2) is 6.39. The fraction of sp³-hybridized carbons (Fsp3) is 0.438. The van der Waals surface area contributed by atoms with Crippen LogP contribution in [0.3, 0.4) is 0 Å². The minimum atomic E-state index is 0.486. The van der Waals surface area contributed by atoms with Crippen molar-refractivity contribution in [2.75, 3.05) is 13.1 Å². The van der Waals surface area contributed by atoms with Gasteiger partial charge in [-0.3, -0.25) is 4.90 Å². The van der Waals surface area contributed by atoms with Gasteiger partial charge in [-0.05, 0) is 31.5 Å². The van der Waals surface area contributed by atoms with Crippen LogP contribution in [0.1, 0.15) is 30.1 Å². The summed E-state index contributed by atoms with van der Waals surface area (Å²) >= 11 is 12.6. The molecule has 1 aromatic heterocycles. The third-order valence-electron chi connectivity index (χ3n) is 4.17. The van der Waals surface area contributed by atoms with Crippen LogP contribution >= 0.6 is 23.2 Å². The van der Waals surface area contributed by atoms with E-state index >= 15 is 0 Å². The normalized spacial score (nSPS) is 19.9. The molecule has 1 atom stereocenters. The summed E-state index contributed by atoms with van der Waals surface area (Å²) in [5.41, 5.74) is 1.03. The molecule has 0 spiro atoms. The molecule has 2 heterocycles. The van der Waals surface area contributed by atoms with Crippen molar-refractivity contribution in [2.24, 2.45) is 7.05 Å². The van der Waals surface area contributed by atoms with Gasteiger partial charge in [0.15, 0.2) is 0 Å². The average molecular weight is 324 g/mol. The Kier molecular flexibility index (Phi) is 4.53. The molecule has 1 fully saturated rings. The van der Waals surface area contributed by atoms with E-state index in [0.29, 0.717) is 5.92 Å². The number of aromatic nitrogens is 2. The first-order chi connectivity index (χ1) is 10.1. The van der Waals surface area contributed by atoms with Gasteiger partial charge in [0.2, 0.25) is 0 Å². The van der Waals surface area contributed by atoms with E-state index in [-0.39, 0.29) is 0 Å². The van der Waals surface area contributed by atoms with Crippen LogP contribution in [0.2, 0.25) is 10.0 Å². The van der Waals surface area contributed by atoms with Crippen LogP contribution in [0.5, 0.6) is 0 Å². The molecule has 3 rings (SSSR count). The van der Waals surface area contributed by atoms with Crippen molar-refractivity contribution in [3.63, 3.8) is 0 Å². The summed E-state index contributed by atoms with van der Waals surface area (Å²) in [4.78, 5) is 6.93. The Labute approximate surface area is 135 Å². The monoisotopic (exact) mass is 323 g/mol. The summed E-state index contributed by atoms with van der Waals surface area (Å²) in [5, 5.41) is 1.50. The standard InChI is InChI=1S/C16H19Cl2N3/c1-20-9-7-19-16(20)12-4-3-8-21(10-12)11-13-14(17)5-2-6-15(13)18/h2,5-7,9,12H,3-4,8,10-11H2,1H3/t12-/m1/s1. The molecule has 0 radical (unpaired) electrons. The zero-order chi connectivity index (χ0) is 14.8. The highest BCUT2D eigenvalue weighted by Gasteiger charge is 2.24. The highest BCUT2D eigenvalue weighted by atomic mass is 35.5. The van der Waals surface area contributed by atoms with Gasteiger partial charge in [0.1, 0.15) is 5.82 Å². The second-order valence-corrected chi connectivity index (χ2v) is 6.49. The van der Waals surface area contributed by atoms with Gasteiger partial charge in [-0.25, -0.2) is 4.98 Å². The molecular weight excluding hydrogens is 305 g/mol. The molecule has 0 N–H and O–H groups in total. The van der Waals surface area contributed by atoms with Crippen LogP contribution < -0.4 is 0 Å². The lowest BCUT2D eigenvalue weighted by molar-refractivity contribution is 0.195. The zero-order valence-electron chi connectivity index (χ0n) is 12.1. The molecule has 1 aliphatic rings. The third-order valence-corrected chi connectivity index (χ3v) is 4.88. The zero-order valence-corrected chi connectivity index (χ0v) is 13.6. The Morgan fingerprint density at radius 2 is 2.05 bits per heavy atom. The predicted molar refractivity (Wildman–Crippen MR) is 86.9 cm³/mol. The van der Waals surface area contributed by atoms with Crippen LogP contribution in [-0.4, -0.2) is 27.5 Å². The van der Waals surface area contributed by atoms with E-state index in [9.17, 15) is 0 Å². The first-order valence-corrected chi connectivity index (χ1v) is 8.03. The first-order valence-electron chi connectivity index (χ1n) is 7.27. The van der Waals surface area contributed by atoms with Crippen molar-refractivity contribution in [3.05, 3.63) is 52.0 Å². The summed E-state index contributed by atoms with van der Waals surface area (Å²) < 4.78 is 2.12. The van der Waals surface area contributed by atoms with E-state index in [1.807, 2.05) is 30.6 Å². The fourth-order valence-corrected chi connectivity index (χ4v) is 3.60. The molecule has 0 bridgehead atoms. The van der Waals surface area contributed by atoms with Crippen LogP contribution in [0.25, 0.3) is 0 Å². The number of rotatable bonds is 3. The summed E-state index contributed by atoms with van der Waals surface area (Å²) in [6.07, 6.45) is 6.26. The number of nitrogens with zero attached hydrogens (tertiary/aromatic N) is 3. The summed E-state index contributed by atoms with van der Waals surface area (Å²) in [7, 11) is 2.06. The van der Waals surface area contributed by atoms with E-state index in [4.69, 9.17) is 23.2 Å². The quantitative estimate of drug-likeness (QED) is 0.847. The molecule has 21 heavy (non-hydrogen) atoms. The van der Waals surface area contributed by atoms with Gasteiger partial charge in [-0.1, -0.05) is 29.3 Å². The van der Waals surface area contributed by atoms with Crippen LogP contribution in [0, 0.1) is 0 Å². The Balaban J connectivity index is 1.74. The lowest BCUT2D eigenvalue weighted by atomic mass is 9.96. The van der Waals surface area contributed by atoms with Gasteiger partial charge in [-0.15, -0.1) is 0 Å². The summed E-state index contributed by atoms with van der Waals surface area (Å²) in [5.74, 6) is 1.66. The van der Waals surface area contributed by atoms with Gasteiger partial charge in [0, 0.05) is 54.1 Å².